The molecule has 2 fully saturated rings. The molecule has 0 aliphatic heterocycles. The summed E-state index contributed by atoms with van der Waals surface area (Å²) in [7, 11) is 0. The van der Waals surface area contributed by atoms with Gasteiger partial charge in [-0.25, -0.2) is 4.98 Å². The molecule has 0 aromatic carbocycles. The number of aliphatic hydroxyl groups excluding tert-OH is 2. The summed E-state index contributed by atoms with van der Waals surface area (Å²) in [6.07, 6.45) is 7.14. The Labute approximate surface area is 148 Å². The van der Waals surface area contributed by atoms with Gasteiger partial charge in [-0.15, -0.1) is 24.8 Å². The molecule has 1 heterocycles. The van der Waals surface area contributed by atoms with Crippen molar-refractivity contribution >= 4 is 24.8 Å². The van der Waals surface area contributed by atoms with Gasteiger partial charge in [0.25, 0.3) is 0 Å². The minimum atomic E-state index is -0.668. The molecule has 3 atom stereocenters. The molecule has 1 aromatic heterocycles. The molecule has 2 aliphatic rings. The Bertz CT molecular complexity index is 453. The van der Waals surface area contributed by atoms with E-state index in [4.69, 9.17) is 4.74 Å². The third-order valence-corrected chi connectivity index (χ3v) is 4.42. The van der Waals surface area contributed by atoms with Crippen LogP contribution in [0.2, 0.25) is 0 Å². The topological polar surface area (TPSA) is 87.5 Å². The van der Waals surface area contributed by atoms with Crippen molar-refractivity contribution in [3.05, 3.63) is 18.6 Å². The predicted molar refractivity (Wildman–Crippen MR) is 91.3 cm³/mol. The predicted octanol–water partition coefficient (Wildman–Crippen LogP) is 1.20. The molecule has 0 radical (unpaired) electrons. The van der Waals surface area contributed by atoms with Gasteiger partial charge in [-0.1, -0.05) is 0 Å². The molecule has 23 heavy (non-hydrogen) atoms. The van der Waals surface area contributed by atoms with E-state index in [0.717, 1.165) is 19.0 Å². The maximum atomic E-state index is 9.89. The van der Waals surface area contributed by atoms with Gasteiger partial charge < -0.3 is 20.3 Å². The van der Waals surface area contributed by atoms with Crippen molar-refractivity contribution in [2.45, 2.75) is 37.9 Å². The lowest BCUT2D eigenvalue weighted by Crippen LogP contribution is -2.38. The van der Waals surface area contributed by atoms with Gasteiger partial charge in [0, 0.05) is 24.4 Å². The van der Waals surface area contributed by atoms with Crippen molar-refractivity contribution in [1.82, 2.24) is 15.3 Å². The smallest absolute Gasteiger partial charge is 0.232 e. The quantitative estimate of drug-likeness (QED) is 0.672. The van der Waals surface area contributed by atoms with Gasteiger partial charge in [0.2, 0.25) is 5.88 Å². The van der Waals surface area contributed by atoms with Crippen LogP contribution in [0.4, 0.5) is 0 Å². The number of ether oxygens (including phenoxy) is 1. The number of aromatic nitrogens is 2. The Morgan fingerprint density at radius 1 is 1.17 bits per heavy atom. The lowest BCUT2D eigenvalue weighted by atomic mass is 9.86. The summed E-state index contributed by atoms with van der Waals surface area (Å²) in [5, 5.41) is 23.2. The summed E-state index contributed by atoms with van der Waals surface area (Å²) in [5.41, 5.74) is -0.245. The average molecular weight is 366 g/mol. The highest BCUT2D eigenvalue weighted by atomic mass is 35.5. The zero-order valence-electron chi connectivity index (χ0n) is 12.9. The highest BCUT2D eigenvalue weighted by molar-refractivity contribution is 5.85. The fourth-order valence-electron chi connectivity index (χ4n) is 3.01. The van der Waals surface area contributed by atoms with E-state index in [2.05, 4.69) is 15.3 Å². The van der Waals surface area contributed by atoms with Gasteiger partial charge in [-0.3, -0.25) is 4.98 Å². The van der Waals surface area contributed by atoms with Crippen LogP contribution in [-0.2, 0) is 0 Å². The molecule has 0 saturated heterocycles. The van der Waals surface area contributed by atoms with Gasteiger partial charge >= 0.3 is 0 Å². The van der Waals surface area contributed by atoms with Crippen LogP contribution in [-0.4, -0.2) is 52.1 Å². The number of nitrogens with zero attached hydrogens (tertiary/aromatic N) is 2. The molecule has 3 rings (SSSR count). The molecule has 2 aliphatic carbocycles. The molecule has 0 amide bonds. The van der Waals surface area contributed by atoms with E-state index in [1.165, 1.54) is 12.8 Å². The second kappa shape index (κ2) is 8.99. The highest BCUT2D eigenvalue weighted by Crippen LogP contribution is 2.39. The maximum Gasteiger partial charge on any atom is 0.232 e. The number of aliphatic hydroxyl groups is 2. The largest absolute Gasteiger partial charge is 0.476 e. The monoisotopic (exact) mass is 365 g/mol. The fraction of sp³-hybridized carbons (Fsp3) is 0.733. The standard InChI is InChI=1S/C15H23N3O3.2ClH/c19-12-5-15(6-13(12)20,9-17-7-11-1-2-11)10-21-14-8-16-3-4-18-14;;/h3-4,8,11-13,17,19-20H,1-2,5-7,9-10H2;2*1H/t12-,13+,15?;;. The zero-order chi connectivity index (χ0) is 14.7. The Morgan fingerprint density at radius 2 is 1.87 bits per heavy atom. The molecule has 1 unspecified atom stereocenters. The molecule has 1 aromatic rings. The van der Waals surface area contributed by atoms with Gasteiger partial charge in [-0.2, -0.15) is 0 Å². The summed E-state index contributed by atoms with van der Waals surface area (Å²) in [4.78, 5) is 8.07. The summed E-state index contributed by atoms with van der Waals surface area (Å²) >= 11 is 0. The molecule has 0 bridgehead atoms. The number of halogens is 2. The number of hydrogen-bond donors (Lipinski definition) is 3. The summed E-state index contributed by atoms with van der Waals surface area (Å²) in [6, 6.07) is 0. The van der Waals surface area contributed by atoms with E-state index in [1.54, 1.807) is 18.6 Å². The lowest BCUT2D eigenvalue weighted by Gasteiger charge is -2.29. The fourth-order valence-corrected chi connectivity index (χ4v) is 3.01. The minimum absolute atomic E-state index is 0. The molecule has 132 valence electrons. The van der Waals surface area contributed by atoms with E-state index < -0.39 is 12.2 Å². The van der Waals surface area contributed by atoms with E-state index >= 15 is 0 Å². The summed E-state index contributed by atoms with van der Waals surface area (Å²) in [6.45, 7) is 2.19. The van der Waals surface area contributed by atoms with Crippen LogP contribution in [0.1, 0.15) is 25.7 Å². The van der Waals surface area contributed by atoms with Crippen molar-refractivity contribution in [2.24, 2.45) is 11.3 Å². The first kappa shape index (κ1) is 20.4. The van der Waals surface area contributed by atoms with Crippen molar-refractivity contribution in [3.63, 3.8) is 0 Å². The maximum absolute atomic E-state index is 9.89. The van der Waals surface area contributed by atoms with E-state index in [-0.39, 0.29) is 30.2 Å². The lowest BCUT2D eigenvalue weighted by molar-refractivity contribution is 0.0438. The average Bonchev–Trinajstić information content (AvgIpc) is 3.25. The third-order valence-electron chi connectivity index (χ3n) is 4.42. The van der Waals surface area contributed by atoms with Crippen LogP contribution in [0.3, 0.4) is 0 Å². The molecule has 3 N–H and O–H groups in total. The van der Waals surface area contributed by atoms with Gasteiger partial charge in [0.05, 0.1) is 25.0 Å². The van der Waals surface area contributed by atoms with E-state index in [9.17, 15) is 10.2 Å². The van der Waals surface area contributed by atoms with Gasteiger partial charge in [0.15, 0.2) is 0 Å². The second-order valence-corrected chi connectivity index (χ2v) is 6.45. The van der Waals surface area contributed by atoms with Crippen LogP contribution in [0.15, 0.2) is 18.6 Å². The minimum Gasteiger partial charge on any atom is -0.476 e. The van der Waals surface area contributed by atoms with Gasteiger partial charge in [0.1, 0.15) is 0 Å². The first-order valence-electron chi connectivity index (χ1n) is 7.63. The highest BCUT2D eigenvalue weighted by Gasteiger charge is 2.44. The van der Waals surface area contributed by atoms with Crippen LogP contribution < -0.4 is 10.1 Å². The van der Waals surface area contributed by atoms with Crippen LogP contribution in [0.5, 0.6) is 5.88 Å². The van der Waals surface area contributed by atoms with E-state index in [1.807, 2.05) is 0 Å². The Kier molecular flexibility index (Phi) is 7.97. The van der Waals surface area contributed by atoms with Crippen molar-refractivity contribution in [2.75, 3.05) is 19.7 Å². The Balaban J connectivity index is 0.00000132. The number of rotatable bonds is 7. The Morgan fingerprint density at radius 3 is 2.43 bits per heavy atom. The van der Waals surface area contributed by atoms with Gasteiger partial charge in [-0.05, 0) is 38.1 Å². The Hall–Kier alpha value is -0.660. The molecule has 8 heteroatoms. The first-order valence-corrected chi connectivity index (χ1v) is 7.63. The number of hydrogen-bond acceptors (Lipinski definition) is 6. The first-order chi connectivity index (χ1) is 10.2. The van der Waals surface area contributed by atoms with Crippen molar-refractivity contribution in [3.8, 4) is 5.88 Å². The second-order valence-electron chi connectivity index (χ2n) is 6.45. The van der Waals surface area contributed by atoms with Crippen molar-refractivity contribution in [1.29, 1.82) is 0 Å². The van der Waals surface area contributed by atoms with Crippen molar-refractivity contribution < 1.29 is 14.9 Å². The van der Waals surface area contributed by atoms with E-state index in [0.29, 0.717) is 25.3 Å². The molecule has 0 spiro atoms. The molecule has 6 nitrogen and oxygen atoms in total. The summed E-state index contributed by atoms with van der Waals surface area (Å²) in [5.74, 6) is 1.29. The third kappa shape index (κ3) is 5.72. The van der Waals surface area contributed by atoms with Crippen LogP contribution in [0, 0.1) is 11.3 Å². The SMILES string of the molecule is Cl.Cl.O[C@@H]1CC(CNCC2CC2)(COc2cnccn2)C[C@@H]1O. The molecule has 2 saturated carbocycles. The molecular weight excluding hydrogens is 341 g/mol. The summed E-state index contributed by atoms with van der Waals surface area (Å²) < 4.78 is 5.73. The number of nitrogens with one attached hydrogen (secondary N) is 1. The molecular formula is C15H25Cl2N3O3. The normalized spacial score (nSPS) is 29.5. The van der Waals surface area contributed by atoms with Crippen LogP contribution >= 0.6 is 24.8 Å². The zero-order valence-corrected chi connectivity index (χ0v) is 14.6. The van der Waals surface area contributed by atoms with Crippen LogP contribution in [0.25, 0.3) is 0 Å².